The van der Waals surface area contributed by atoms with Crippen molar-refractivity contribution >= 4 is 10.9 Å². The Morgan fingerprint density at radius 1 is 1.25 bits per heavy atom. The molecule has 0 bridgehead atoms. The molecule has 0 spiro atoms. The molecule has 1 aromatic carbocycles. The van der Waals surface area contributed by atoms with Crippen molar-refractivity contribution in [1.29, 1.82) is 0 Å². The fraction of sp³-hybridized carbons (Fsp3) is 0.273. The lowest BCUT2D eigenvalue weighted by molar-refractivity contribution is 1.13. The van der Waals surface area contributed by atoms with Crippen LogP contribution in [0.3, 0.4) is 0 Å². The summed E-state index contributed by atoms with van der Waals surface area (Å²) in [5.74, 6) is 0.859. The maximum Gasteiger partial charge on any atom is 0.0456 e. The number of H-pyrrole nitrogens is 1. The van der Waals surface area contributed by atoms with Crippen LogP contribution >= 0.6 is 0 Å². The largest absolute Gasteiger partial charge is 0.361 e. The number of aromatic nitrogens is 1. The highest BCUT2D eigenvalue weighted by Crippen LogP contribution is 2.40. The third kappa shape index (κ3) is 0.860. The lowest BCUT2D eigenvalue weighted by Gasteiger charge is -1.96. The van der Waals surface area contributed by atoms with Crippen LogP contribution in [0.15, 0.2) is 30.5 Å². The van der Waals surface area contributed by atoms with E-state index in [2.05, 4.69) is 29.2 Å². The number of hydrogen-bond acceptors (Lipinski definition) is 0. The first-order valence-electron chi connectivity index (χ1n) is 4.50. The van der Waals surface area contributed by atoms with Gasteiger partial charge in [-0.2, -0.15) is 0 Å². The molecule has 1 saturated carbocycles. The molecular formula is C11H13N. The third-order valence-corrected chi connectivity index (χ3v) is 2.63. The molecule has 2 aromatic rings. The Hall–Kier alpha value is -1.24. The molecule has 12 heavy (non-hydrogen) atoms. The Bertz CT molecular complexity index is 415. The summed E-state index contributed by atoms with van der Waals surface area (Å²) < 4.78 is 0. The van der Waals surface area contributed by atoms with Gasteiger partial charge in [0, 0.05) is 13.1 Å². The second-order valence-electron chi connectivity index (χ2n) is 3.60. The van der Waals surface area contributed by atoms with Crippen LogP contribution in [0.4, 0.5) is 0 Å². The summed E-state index contributed by atoms with van der Waals surface area (Å²) in [6, 6.07) is 8.87. The van der Waals surface area contributed by atoms with Gasteiger partial charge in [-0.1, -0.05) is 12.1 Å². The van der Waals surface area contributed by atoms with E-state index in [1.807, 2.05) is 6.20 Å². The lowest BCUT2D eigenvalue weighted by atomic mass is 10.1. The summed E-state index contributed by atoms with van der Waals surface area (Å²) in [7, 11) is 0. The molecule has 0 unspecified atom stereocenters. The fourth-order valence-electron chi connectivity index (χ4n) is 1.74. The van der Waals surface area contributed by atoms with Crippen molar-refractivity contribution in [2.24, 2.45) is 0 Å². The zero-order valence-corrected chi connectivity index (χ0v) is 6.88. The standard InChI is InChI=1S/C11H11N.H2/c1-2-8(1)10-4-3-9-5-6-12-11(9)7-10;/h3-8,12H,1-2H2;1H. The normalized spacial score (nSPS) is 17.0. The highest BCUT2D eigenvalue weighted by molar-refractivity contribution is 5.80. The summed E-state index contributed by atoms with van der Waals surface area (Å²) in [6.07, 6.45) is 4.76. The monoisotopic (exact) mass is 159 g/mol. The number of fused-ring (bicyclic) bond motifs is 1. The van der Waals surface area contributed by atoms with Gasteiger partial charge in [0.1, 0.15) is 0 Å². The molecule has 0 atom stereocenters. The van der Waals surface area contributed by atoms with Crippen molar-refractivity contribution in [3.05, 3.63) is 36.0 Å². The molecule has 0 aliphatic heterocycles. The predicted octanol–water partition coefficient (Wildman–Crippen LogP) is 3.29. The van der Waals surface area contributed by atoms with Crippen LogP contribution in [0.1, 0.15) is 25.7 Å². The zero-order chi connectivity index (χ0) is 7.97. The summed E-state index contributed by atoms with van der Waals surface area (Å²) in [5, 5.41) is 1.32. The first-order chi connectivity index (χ1) is 5.93. The Morgan fingerprint density at radius 3 is 3.00 bits per heavy atom. The molecule has 1 heterocycles. The summed E-state index contributed by atoms with van der Waals surface area (Å²) in [5.41, 5.74) is 2.78. The van der Waals surface area contributed by atoms with Crippen molar-refractivity contribution in [2.45, 2.75) is 18.8 Å². The molecule has 0 saturated heterocycles. The molecule has 62 valence electrons. The van der Waals surface area contributed by atoms with Gasteiger partial charge in [-0.3, -0.25) is 0 Å². The van der Waals surface area contributed by atoms with E-state index in [4.69, 9.17) is 0 Å². The van der Waals surface area contributed by atoms with Crippen LogP contribution in [-0.2, 0) is 0 Å². The van der Waals surface area contributed by atoms with Gasteiger partial charge in [0.2, 0.25) is 0 Å². The van der Waals surface area contributed by atoms with Crippen molar-refractivity contribution < 1.29 is 1.43 Å². The molecule has 3 rings (SSSR count). The minimum absolute atomic E-state index is 0. The topological polar surface area (TPSA) is 15.8 Å². The molecule has 1 aliphatic carbocycles. The van der Waals surface area contributed by atoms with Crippen LogP contribution in [0, 0.1) is 0 Å². The maximum absolute atomic E-state index is 3.24. The number of rotatable bonds is 1. The quantitative estimate of drug-likeness (QED) is 0.657. The van der Waals surface area contributed by atoms with Crippen LogP contribution in [-0.4, -0.2) is 4.98 Å². The molecule has 1 nitrogen and oxygen atoms in total. The van der Waals surface area contributed by atoms with Crippen molar-refractivity contribution in [3.8, 4) is 0 Å². The Morgan fingerprint density at radius 2 is 2.17 bits per heavy atom. The van der Waals surface area contributed by atoms with Crippen molar-refractivity contribution in [3.63, 3.8) is 0 Å². The molecule has 1 aliphatic rings. The average Bonchev–Trinajstić information content (AvgIpc) is 2.84. The van der Waals surface area contributed by atoms with E-state index in [0.29, 0.717) is 0 Å². The minimum atomic E-state index is 0. The number of aromatic amines is 1. The van der Waals surface area contributed by atoms with Gasteiger partial charge in [-0.15, -0.1) is 0 Å². The summed E-state index contributed by atoms with van der Waals surface area (Å²) in [6.45, 7) is 0. The van der Waals surface area contributed by atoms with Gasteiger partial charge < -0.3 is 4.98 Å². The van der Waals surface area contributed by atoms with E-state index in [1.54, 1.807) is 0 Å². The molecule has 0 radical (unpaired) electrons. The molecule has 1 aromatic heterocycles. The summed E-state index contributed by atoms with van der Waals surface area (Å²) >= 11 is 0. The maximum atomic E-state index is 3.24. The first kappa shape index (κ1) is 6.30. The van der Waals surface area contributed by atoms with E-state index >= 15 is 0 Å². The minimum Gasteiger partial charge on any atom is -0.361 e. The molecule has 0 amide bonds. The number of hydrogen-bond donors (Lipinski definition) is 1. The van der Waals surface area contributed by atoms with Gasteiger partial charge in [0.15, 0.2) is 0 Å². The van der Waals surface area contributed by atoms with Crippen LogP contribution in [0.5, 0.6) is 0 Å². The first-order valence-corrected chi connectivity index (χ1v) is 4.50. The molecule has 1 N–H and O–H groups in total. The Kier molecular flexibility index (Phi) is 1.12. The zero-order valence-electron chi connectivity index (χ0n) is 6.88. The SMILES string of the molecule is [HH].c1cc2ccc(C3CC3)cc2[nH]1. The fourth-order valence-corrected chi connectivity index (χ4v) is 1.74. The van der Waals surface area contributed by atoms with Gasteiger partial charge in [0.25, 0.3) is 0 Å². The second-order valence-corrected chi connectivity index (χ2v) is 3.60. The van der Waals surface area contributed by atoms with Gasteiger partial charge in [-0.25, -0.2) is 0 Å². The Labute approximate surface area is 72.9 Å². The highest BCUT2D eigenvalue weighted by atomic mass is 14.7. The van der Waals surface area contributed by atoms with Crippen molar-refractivity contribution in [2.75, 3.05) is 0 Å². The van der Waals surface area contributed by atoms with E-state index in [9.17, 15) is 0 Å². The number of nitrogens with one attached hydrogen (secondary N) is 1. The van der Waals surface area contributed by atoms with Gasteiger partial charge in [-0.05, 0) is 41.8 Å². The van der Waals surface area contributed by atoms with E-state index in [-0.39, 0.29) is 1.43 Å². The highest BCUT2D eigenvalue weighted by Gasteiger charge is 2.23. The Balaban J connectivity index is 0.000000653. The van der Waals surface area contributed by atoms with Crippen LogP contribution < -0.4 is 0 Å². The molecule has 1 fully saturated rings. The molecule has 1 heteroatoms. The van der Waals surface area contributed by atoms with Gasteiger partial charge >= 0.3 is 0 Å². The van der Waals surface area contributed by atoms with Crippen molar-refractivity contribution in [1.82, 2.24) is 4.98 Å². The van der Waals surface area contributed by atoms with E-state index in [1.165, 1.54) is 29.3 Å². The van der Waals surface area contributed by atoms with Crippen LogP contribution in [0.2, 0.25) is 0 Å². The lowest BCUT2D eigenvalue weighted by Crippen LogP contribution is -1.77. The second kappa shape index (κ2) is 2.13. The van der Waals surface area contributed by atoms with Gasteiger partial charge in [0.05, 0.1) is 0 Å². The molecular weight excluding hydrogens is 146 g/mol. The number of benzene rings is 1. The average molecular weight is 159 g/mol. The van der Waals surface area contributed by atoms with Crippen LogP contribution in [0.25, 0.3) is 10.9 Å². The summed E-state index contributed by atoms with van der Waals surface area (Å²) in [4.78, 5) is 3.24. The third-order valence-electron chi connectivity index (χ3n) is 2.63. The van der Waals surface area contributed by atoms with E-state index < -0.39 is 0 Å². The smallest absolute Gasteiger partial charge is 0.0456 e. The predicted molar refractivity (Wildman–Crippen MR) is 52.4 cm³/mol. The van der Waals surface area contributed by atoms with E-state index in [0.717, 1.165) is 5.92 Å².